The maximum atomic E-state index is 11.5. The number of aliphatic hydroxyl groups excluding tert-OH is 1. The highest BCUT2D eigenvalue weighted by molar-refractivity contribution is 5.89. The van der Waals surface area contributed by atoms with E-state index in [-0.39, 0.29) is 5.69 Å². The van der Waals surface area contributed by atoms with E-state index in [1.165, 1.54) is 24.3 Å². The van der Waals surface area contributed by atoms with Gasteiger partial charge in [0.25, 0.3) is 5.69 Å². The molecule has 4 N–H and O–H groups in total. The summed E-state index contributed by atoms with van der Waals surface area (Å²) in [6.45, 7) is 3.08. The second-order valence-electron chi connectivity index (χ2n) is 4.24. The molecule has 0 fully saturated rings. The van der Waals surface area contributed by atoms with E-state index >= 15 is 0 Å². The largest absolute Gasteiger partial charge is 0.392 e. The third-order valence-corrected chi connectivity index (χ3v) is 2.36. The first-order chi connectivity index (χ1) is 9.49. The minimum atomic E-state index is -0.502. The Hall–Kier alpha value is -2.19. The molecule has 0 spiro atoms. The van der Waals surface area contributed by atoms with Gasteiger partial charge in [-0.15, -0.1) is 0 Å². The molecule has 0 heterocycles. The summed E-state index contributed by atoms with van der Waals surface area (Å²) in [5.41, 5.74) is 0.448. The van der Waals surface area contributed by atoms with Gasteiger partial charge in [-0.25, -0.2) is 4.79 Å². The zero-order valence-corrected chi connectivity index (χ0v) is 11.1. The van der Waals surface area contributed by atoms with Gasteiger partial charge in [0.1, 0.15) is 0 Å². The Kier molecular flexibility index (Phi) is 6.41. The predicted octanol–water partition coefficient (Wildman–Crippen LogP) is 0.687. The number of amides is 2. The lowest BCUT2D eigenvalue weighted by atomic mass is 10.3. The topological polar surface area (TPSA) is 117 Å². The molecule has 8 heteroatoms. The molecule has 1 aromatic carbocycles. The highest BCUT2D eigenvalue weighted by atomic mass is 16.6. The van der Waals surface area contributed by atoms with E-state index in [1.807, 2.05) is 0 Å². The zero-order valence-electron chi connectivity index (χ0n) is 11.1. The molecule has 1 rings (SSSR count). The Morgan fingerprint density at radius 2 is 2.00 bits per heavy atom. The first-order valence-electron chi connectivity index (χ1n) is 6.17. The van der Waals surface area contributed by atoms with E-state index in [0.717, 1.165) is 0 Å². The van der Waals surface area contributed by atoms with Gasteiger partial charge in [0.15, 0.2) is 0 Å². The quantitative estimate of drug-likeness (QED) is 0.333. The van der Waals surface area contributed by atoms with Crippen LogP contribution in [-0.4, -0.2) is 41.8 Å². The van der Waals surface area contributed by atoms with Crippen LogP contribution in [0.5, 0.6) is 0 Å². The van der Waals surface area contributed by atoms with E-state index in [2.05, 4.69) is 16.0 Å². The monoisotopic (exact) mass is 282 g/mol. The molecule has 0 aliphatic carbocycles. The van der Waals surface area contributed by atoms with E-state index in [1.54, 1.807) is 6.92 Å². The van der Waals surface area contributed by atoms with Crippen molar-refractivity contribution in [3.63, 3.8) is 0 Å². The van der Waals surface area contributed by atoms with Gasteiger partial charge in [0, 0.05) is 37.5 Å². The highest BCUT2D eigenvalue weighted by Gasteiger charge is 2.05. The molecule has 1 atom stereocenters. The van der Waals surface area contributed by atoms with Gasteiger partial charge in [-0.1, -0.05) is 0 Å². The molecule has 1 unspecified atom stereocenters. The van der Waals surface area contributed by atoms with Gasteiger partial charge in [-0.3, -0.25) is 10.1 Å². The van der Waals surface area contributed by atoms with Crippen LogP contribution in [0.25, 0.3) is 0 Å². The fourth-order valence-electron chi connectivity index (χ4n) is 1.42. The highest BCUT2D eigenvalue weighted by Crippen LogP contribution is 2.14. The number of hydrogen-bond acceptors (Lipinski definition) is 5. The van der Waals surface area contributed by atoms with Crippen molar-refractivity contribution in [3.05, 3.63) is 34.4 Å². The van der Waals surface area contributed by atoms with Crippen molar-refractivity contribution in [1.82, 2.24) is 10.6 Å². The van der Waals surface area contributed by atoms with Crippen LogP contribution in [0.15, 0.2) is 24.3 Å². The summed E-state index contributed by atoms with van der Waals surface area (Å²) in [5.74, 6) is 0. The van der Waals surface area contributed by atoms with E-state index in [0.29, 0.717) is 25.3 Å². The van der Waals surface area contributed by atoms with Gasteiger partial charge in [0.2, 0.25) is 0 Å². The van der Waals surface area contributed by atoms with Crippen LogP contribution in [0.3, 0.4) is 0 Å². The molecule has 0 aliphatic rings. The van der Waals surface area contributed by atoms with Crippen molar-refractivity contribution in [2.45, 2.75) is 13.0 Å². The van der Waals surface area contributed by atoms with Crippen molar-refractivity contribution < 1.29 is 14.8 Å². The number of nitro benzene ring substituents is 1. The number of nitrogens with one attached hydrogen (secondary N) is 3. The fourth-order valence-corrected chi connectivity index (χ4v) is 1.42. The molecule has 0 radical (unpaired) electrons. The second kappa shape index (κ2) is 8.08. The maximum Gasteiger partial charge on any atom is 0.319 e. The molecule has 0 saturated carbocycles. The van der Waals surface area contributed by atoms with Crippen LogP contribution >= 0.6 is 0 Å². The molecule has 0 bridgehead atoms. The standard InChI is InChI=1S/C12H18N4O4/c1-9(17)8-13-6-7-14-12(18)15-10-2-4-11(5-3-10)16(19)20/h2-5,9,13,17H,6-8H2,1H3,(H2,14,15,18). The maximum absolute atomic E-state index is 11.5. The Balaban J connectivity index is 2.26. The number of urea groups is 1. The SMILES string of the molecule is CC(O)CNCCNC(=O)Nc1ccc([N+](=O)[O-])cc1. The normalized spacial score (nSPS) is 11.7. The van der Waals surface area contributed by atoms with Crippen LogP contribution in [-0.2, 0) is 0 Å². The molecule has 0 aliphatic heterocycles. The Labute approximate surface area is 116 Å². The Morgan fingerprint density at radius 1 is 1.35 bits per heavy atom. The summed E-state index contributed by atoms with van der Waals surface area (Å²) >= 11 is 0. The number of benzene rings is 1. The third-order valence-electron chi connectivity index (χ3n) is 2.36. The number of anilines is 1. The predicted molar refractivity (Wildman–Crippen MR) is 74.7 cm³/mol. The van der Waals surface area contributed by atoms with Gasteiger partial charge in [0.05, 0.1) is 11.0 Å². The molecule has 8 nitrogen and oxygen atoms in total. The summed E-state index contributed by atoms with van der Waals surface area (Å²) < 4.78 is 0. The van der Waals surface area contributed by atoms with Crippen molar-refractivity contribution in [1.29, 1.82) is 0 Å². The van der Waals surface area contributed by atoms with Crippen LogP contribution in [0.2, 0.25) is 0 Å². The van der Waals surface area contributed by atoms with Gasteiger partial charge >= 0.3 is 6.03 Å². The van der Waals surface area contributed by atoms with Gasteiger partial charge in [-0.2, -0.15) is 0 Å². The summed E-state index contributed by atoms with van der Waals surface area (Å²) in [4.78, 5) is 21.5. The number of nitrogens with zero attached hydrogens (tertiary/aromatic N) is 1. The smallest absolute Gasteiger partial charge is 0.319 e. The lowest BCUT2D eigenvalue weighted by Gasteiger charge is -2.09. The molecule has 2 amide bonds. The molecule has 0 saturated heterocycles. The van der Waals surface area contributed by atoms with Gasteiger partial charge < -0.3 is 21.1 Å². The van der Waals surface area contributed by atoms with E-state index < -0.39 is 17.1 Å². The minimum absolute atomic E-state index is 0.0294. The average Bonchev–Trinajstić information content (AvgIpc) is 2.38. The first-order valence-corrected chi connectivity index (χ1v) is 6.17. The van der Waals surface area contributed by atoms with Crippen LogP contribution < -0.4 is 16.0 Å². The van der Waals surface area contributed by atoms with Crippen molar-refractivity contribution in [2.75, 3.05) is 25.0 Å². The number of rotatable bonds is 7. The Morgan fingerprint density at radius 3 is 2.55 bits per heavy atom. The summed E-state index contributed by atoms with van der Waals surface area (Å²) in [6.07, 6.45) is -0.427. The van der Waals surface area contributed by atoms with Gasteiger partial charge in [-0.05, 0) is 19.1 Å². The zero-order chi connectivity index (χ0) is 15.0. The third kappa shape index (κ3) is 6.12. The minimum Gasteiger partial charge on any atom is -0.392 e. The van der Waals surface area contributed by atoms with E-state index in [9.17, 15) is 14.9 Å². The lowest BCUT2D eigenvalue weighted by molar-refractivity contribution is -0.384. The van der Waals surface area contributed by atoms with Crippen molar-refractivity contribution in [2.24, 2.45) is 0 Å². The number of non-ortho nitro benzene ring substituents is 1. The lowest BCUT2D eigenvalue weighted by Crippen LogP contribution is -2.36. The number of aliphatic hydroxyl groups is 1. The molecule has 20 heavy (non-hydrogen) atoms. The molecular formula is C12H18N4O4. The number of hydrogen-bond donors (Lipinski definition) is 4. The molecule has 0 aromatic heterocycles. The summed E-state index contributed by atoms with van der Waals surface area (Å²) in [5, 5.41) is 27.6. The Bertz CT molecular complexity index is 447. The molecule has 1 aromatic rings. The van der Waals surface area contributed by atoms with Crippen LogP contribution in [0.1, 0.15) is 6.92 Å². The summed E-state index contributed by atoms with van der Waals surface area (Å²) in [7, 11) is 0. The number of carbonyl (C=O) groups excluding carboxylic acids is 1. The fraction of sp³-hybridized carbons (Fsp3) is 0.417. The van der Waals surface area contributed by atoms with Crippen LogP contribution in [0.4, 0.5) is 16.2 Å². The number of carbonyl (C=O) groups is 1. The first kappa shape index (κ1) is 15.9. The molecule has 110 valence electrons. The average molecular weight is 282 g/mol. The molecular weight excluding hydrogens is 264 g/mol. The second-order valence-corrected chi connectivity index (χ2v) is 4.24. The van der Waals surface area contributed by atoms with E-state index in [4.69, 9.17) is 5.11 Å². The van der Waals surface area contributed by atoms with Crippen molar-refractivity contribution in [3.8, 4) is 0 Å². The number of nitro groups is 1. The van der Waals surface area contributed by atoms with Crippen LogP contribution in [0, 0.1) is 10.1 Å². The van der Waals surface area contributed by atoms with Crippen molar-refractivity contribution >= 4 is 17.4 Å². The summed E-state index contributed by atoms with van der Waals surface area (Å²) in [6, 6.07) is 5.17.